The molecule has 138 valence electrons. The topological polar surface area (TPSA) is 64.4 Å². The number of morpholine rings is 1. The smallest absolute Gasteiger partial charge is 0.378 e. The summed E-state index contributed by atoms with van der Waals surface area (Å²) in [5.41, 5.74) is 1.21. The van der Waals surface area contributed by atoms with Crippen molar-refractivity contribution in [3.8, 4) is 0 Å². The molecule has 1 aromatic rings. The summed E-state index contributed by atoms with van der Waals surface area (Å²) in [6.07, 6.45) is -3.92. The molecular formula is C14H22F3N3O3S. The molecule has 1 aliphatic heterocycles. The van der Waals surface area contributed by atoms with E-state index in [1.807, 2.05) is 0 Å². The van der Waals surface area contributed by atoms with E-state index in [1.54, 1.807) is 13.8 Å². The van der Waals surface area contributed by atoms with Crippen molar-refractivity contribution in [2.45, 2.75) is 46.0 Å². The van der Waals surface area contributed by atoms with E-state index >= 15 is 0 Å². The van der Waals surface area contributed by atoms with Gasteiger partial charge < -0.3 is 4.74 Å². The molecule has 0 spiro atoms. The molecule has 0 unspecified atom stereocenters. The van der Waals surface area contributed by atoms with Gasteiger partial charge in [0, 0.05) is 17.8 Å². The first-order valence-electron chi connectivity index (χ1n) is 7.74. The molecule has 2 rings (SSSR count). The predicted octanol–water partition coefficient (Wildman–Crippen LogP) is 2.18. The quantitative estimate of drug-likeness (QED) is 0.798. The zero-order chi connectivity index (χ0) is 18.1. The van der Waals surface area contributed by atoms with Gasteiger partial charge in [0.25, 0.3) is 0 Å². The Morgan fingerprint density at radius 3 is 2.58 bits per heavy atom. The Morgan fingerprint density at radius 2 is 2.00 bits per heavy atom. The first kappa shape index (κ1) is 19.2. The van der Waals surface area contributed by atoms with Gasteiger partial charge in [-0.25, -0.2) is 8.42 Å². The maximum absolute atomic E-state index is 12.7. The van der Waals surface area contributed by atoms with Crippen LogP contribution >= 0.6 is 0 Å². The number of hydrogen-bond acceptors (Lipinski definition) is 4. The van der Waals surface area contributed by atoms with Crippen molar-refractivity contribution in [3.05, 3.63) is 17.0 Å². The van der Waals surface area contributed by atoms with Crippen molar-refractivity contribution in [1.82, 2.24) is 14.1 Å². The highest BCUT2D eigenvalue weighted by Crippen LogP contribution is 2.32. The number of nitrogens with zero attached hydrogens (tertiary/aromatic N) is 3. The summed E-state index contributed by atoms with van der Waals surface area (Å²) < 4.78 is 70.6. The van der Waals surface area contributed by atoms with Gasteiger partial charge in [0.1, 0.15) is 6.54 Å². The second-order valence-electron chi connectivity index (χ2n) is 5.87. The third-order valence-corrected chi connectivity index (χ3v) is 6.07. The van der Waals surface area contributed by atoms with Gasteiger partial charge >= 0.3 is 6.18 Å². The highest BCUT2D eigenvalue weighted by molar-refractivity contribution is 7.89. The summed E-state index contributed by atoms with van der Waals surface area (Å²) in [5.74, 6) is -0.00170. The number of alkyl halides is 3. The third-order valence-electron chi connectivity index (χ3n) is 4.00. The van der Waals surface area contributed by atoms with Gasteiger partial charge in [-0.1, -0.05) is 6.92 Å². The second kappa shape index (κ2) is 7.01. The molecule has 1 saturated heterocycles. The summed E-state index contributed by atoms with van der Waals surface area (Å²) in [7, 11) is -3.50. The van der Waals surface area contributed by atoms with Crippen LogP contribution in [0.15, 0.2) is 0 Å². The van der Waals surface area contributed by atoms with E-state index in [-0.39, 0.29) is 25.5 Å². The van der Waals surface area contributed by atoms with E-state index < -0.39 is 28.8 Å². The van der Waals surface area contributed by atoms with Gasteiger partial charge in [-0.2, -0.15) is 22.6 Å². The minimum Gasteiger partial charge on any atom is -0.378 e. The van der Waals surface area contributed by atoms with E-state index in [0.29, 0.717) is 23.4 Å². The number of ether oxygens (including phenoxy) is 1. The van der Waals surface area contributed by atoms with Crippen molar-refractivity contribution in [2.75, 3.05) is 25.5 Å². The first-order chi connectivity index (χ1) is 11.1. The minimum absolute atomic E-state index is 0.00170. The zero-order valence-corrected chi connectivity index (χ0v) is 14.7. The summed E-state index contributed by atoms with van der Waals surface area (Å²) >= 11 is 0. The van der Waals surface area contributed by atoms with Crippen LogP contribution in [0.25, 0.3) is 0 Å². The molecule has 1 fully saturated rings. The Labute approximate surface area is 139 Å². The van der Waals surface area contributed by atoms with Crippen LogP contribution < -0.4 is 0 Å². The standard InChI is InChI=1S/C14H22F3N3O3S/c1-4-7-24(21,22)20-5-6-23-8-12(20)13-10(2)18-19(11(13)3)9-14(15,16)17/h12H,4-9H2,1-3H3/t12-/m1/s1. The van der Waals surface area contributed by atoms with Crippen LogP contribution in [0, 0.1) is 13.8 Å². The van der Waals surface area contributed by atoms with Gasteiger partial charge in [-0.15, -0.1) is 0 Å². The average Bonchev–Trinajstić information content (AvgIpc) is 2.71. The minimum atomic E-state index is -4.39. The fraction of sp³-hybridized carbons (Fsp3) is 0.786. The Balaban J connectivity index is 2.41. The number of rotatable bonds is 5. The molecular weight excluding hydrogens is 347 g/mol. The number of aryl methyl sites for hydroxylation is 1. The van der Waals surface area contributed by atoms with E-state index in [0.717, 1.165) is 4.68 Å². The van der Waals surface area contributed by atoms with Crippen LogP contribution in [0.2, 0.25) is 0 Å². The number of halogens is 3. The molecule has 0 radical (unpaired) electrons. The highest BCUT2D eigenvalue weighted by atomic mass is 32.2. The molecule has 0 aliphatic carbocycles. The van der Waals surface area contributed by atoms with E-state index in [1.165, 1.54) is 11.2 Å². The zero-order valence-electron chi connectivity index (χ0n) is 13.9. The number of aromatic nitrogens is 2. The molecule has 0 bridgehead atoms. The lowest BCUT2D eigenvalue weighted by Crippen LogP contribution is -2.44. The predicted molar refractivity (Wildman–Crippen MR) is 82.1 cm³/mol. The Kier molecular flexibility index (Phi) is 5.61. The van der Waals surface area contributed by atoms with Gasteiger partial charge in [-0.3, -0.25) is 4.68 Å². The molecule has 2 heterocycles. The van der Waals surface area contributed by atoms with Gasteiger partial charge in [0.05, 0.1) is 30.7 Å². The largest absolute Gasteiger partial charge is 0.408 e. The monoisotopic (exact) mass is 369 g/mol. The average molecular weight is 369 g/mol. The van der Waals surface area contributed by atoms with Crippen molar-refractivity contribution in [3.63, 3.8) is 0 Å². The summed E-state index contributed by atoms with van der Waals surface area (Å²) in [6.45, 7) is 4.27. The fourth-order valence-electron chi connectivity index (χ4n) is 3.04. The Morgan fingerprint density at radius 1 is 1.33 bits per heavy atom. The van der Waals surface area contributed by atoms with Crippen molar-refractivity contribution in [2.24, 2.45) is 0 Å². The lowest BCUT2D eigenvalue weighted by molar-refractivity contribution is -0.143. The molecule has 0 amide bonds. The van der Waals surface area contributed by atoms with Crippen molar-refractivity contribution < 1.29 is 26.3 Å². The van der Waals surface area contributed by atoms with Gasteiger partial charge in [0.15, 0.2) is 0 Å². The molecule has 10 heteroatoms. The van der Waals surface area contributed by atoms with Crippen LogP contribution in [0.4, 0.5) is 13.2 Å². The highest BCUT2D eigenvalue weighted by Gasteiger charge is 2.37. The van der Waals surface area contributed by atoms with Crippen LogP contribution in [0.5, 0.6) is 0 Å². The number of hydrogen-bond donors (Lipinski definition) is 0. The molecule has 0 aromatic carbocycles. The van der Waals surface area contributed by atoms with E-state index in [9.17, 15) is 21.6 Å². The fourth-order valence-corrected chi connectivity index (χ4v) is 4.70. The van der Waals surface area contributed by atoms with Gasteiger partial charge in [0.2, 0.25) is 10.0 Å². The van der Waals surface area contributed by atoms with E-state index in [2.05, 4.69) is 5.10 Å². The summed E-state index contributed by atoms with van der Waals surface area (Å²) in [6, 6.07) is -0.641. The van der Waals surface area contributed by atoms with E-state index in [4.69, 9.17) is 4.74 Å². The Hall–Kier alpha value is -1.13. The molecule has 1 aromatic heterocycles. The summed E-state index contributed by atoms with van der Waals surface area (Å²) in [4.78, 5) is 0. The molecule has 6 nitrogen and oxygen atoms in total. The lowest BCUT2D eigenvalue weighted by atomic mass is 10.0. The lowest BCUT2D eigenvalue weighted by Gasteiger charge is -2.35. The molecule has 0 saturated carbocycles. The van der Waals surface area contributed by atoms with Crippen LogP contribution in [-0.2, 0) is 21.3 Å². The van der Waals surface area contributed by atoms with Crippen LogP contribution in [0.1, 0.15) is 36.3 Å². The molecule has 0 N–H and O–H groups in total. The second-order valence-corrected chi connectivity index (χ2v) is 7.92. The number of sulfonamides is 1. The summed E-state index contributed by atoms with van der Waals surface area (Å²) in [5, 5.41) is 3.95. The first-order valence-corrected chi connectivity index (χ1v) is 9.35. The Bertz CT molecular complexity index is 685. The SMILES string of the molecule is CCCS(=O)(=O)N1CCOC[C@@H]1c1c(C)nn(CC(F)(F)F)c1C. The van der Waals surface area contributed by atoms with Crippen molar-refractivity contribution in [1.29, 1.82) is 0 Å². The van der Waals surface area contributed by atoms with Crippen LogP contribution in [0.3, 0.4) is 0 Å². The van der Waals surface area contributed by atoms with Crippen LogP contribution in [-0.4, -0.2) is 54.2 Å². The molecule has 1 atom stereocenters. The normalized spacial score (nSPS) is 20.5. The van der Waals surface area contributed by atoms with Gasteiger partial charge in [-0.05, 0) is 20.3 Å². The maximum atomic E-state index is 12.7. The maximum Gasteiger partial charge on any atom is 0.408 e. The molecule has 24 heavy (non-hydrogen) atoms. The molecule has 1 aliphatic rings. The third kappa shape index (κ3) is 4.09. The van der Waals surface area contributed by atoms with Crippen molar-refractivity contribution >= 4 is 10.0 Å².